The molecule has 2 N–H and O–H groups in total. The zero-order chi connectivity index (χ0) is 18.2. The van der Waals surface area contributed by atoms with Crippen LogP contribution in [0.1, 0.15) is 24.5 Å². The van der Waals surface area contributed by atoms with Crippen LogP contribution in [0.5, 0.6) is 0 Å². The van der Waals surface area contributed by atoms with Crippen molar-refractivity contribution in [1.29, 1.82) is 0 Å². The van der Waals surface area contributed by atoms with Crippen LogP contribution in [-0.4, -0.2) is 29.5 Å². The van der Waals surface area contributed by atoms with E-state index in [1.54, 1.807) is 12.1 Å². The van der Waals surface area contributed by atoms with Crippen LogP contribution in [0.2, 0.25) is 5.02 Å². The molecule has 2 aromatic carbocycles. The van der Waals surface area contributed by atoms with Gasteiger partial charge in [-0.2, -0.15) is 0 Å². The van der Waals surface area contributed by atoms with Crippen molar-refractivity contribution in [1.82, 2.24) is 4.90 Å². The third kappa shape index (κ3) is 6.03. The molecule has 0 atom stereocenters. The standard InChI is InChI=1S/C19H24ClN3O2/c1-2-11-22(12-9-15-3-6-17(20)7-4-15)13-10-16-5-8-18(21)19(14-16)23(24)25/h3-8,14H,2,9-13,21H2,1H3. The van der Waals surface area contributed by atoms with E-state index in [4.69, 9.17) is 17.3 Å². The molecule has 0 amide bonds. The Hall–Kier alpha value is -2.11. The molecule has 2 rings (SSSR count). The fourth-order valence-corrected chi connectivity index (χ4v) is 2.91. The SMILES string of the molecule is CCCN(CCc1ccc(Cl)cc1)CCc1ccc(N)c([N+](=O)[O-])c1. The number of nitrogens with two attached hydrogens (primary N) is 1. The summed E-state index contributed by atoms with van der Waals surface area (Å²) >= 11 is 5.92. The molecule has 0 unspecified atom stereocenters. The highest BCUT2D eigenvalue weighted by molar-refractivity contribution is 6.30. The Morgan fingerprint density at radius 1 is 1.04 bits per heavy atom. The van der Waals surface area contributed by atoms with E-state index < -0.39 is 4.92 Å². The van der Waals surface area contributed by atoms with Crippen LogP contribution in [0, 0.1) is 10.1 Å². The van der Waals surface area contributed by atoms with Crippen LogP contribution < -0.4 is 5.73 Å². The van der Waals surface area contributed by atoms with Crippen LogP contribution in [0.3, 0.4) is 0 Å². The van der Waals surface area contributed by atoms with Gasteiger partial charge in [-0.15, -0.1) is 0 Å². The molecule has 25 heavy (non-hydrogen) atoms. The van der Waals surface area contributed by atoms with Crippen molar-refractivity contribution in [3.05, 3.63) is 68.7 Å². The molecular formula is C19H24ClN3O2. The van der Waals surface area contributed by atoms with Crippen LogP contribution in [0.4, 0.5) is 11.4 Å². The fourth-order valence-electron chi connectivity index (χ4n) is 2.78. The Bertz CT molecular complexity index is 704. The van der Waals surface area contributed by atoms with Crippen molar-refractivity contribution in [2.24, 2.45) is 0 Å². The topological polar surface area (TPSA) is 72.4 Å². The van der Waals surface area contributed by atoms with Crippen LogP contribution in [0.25, 0.3) is 0 Å². The van der Waals surface area contributed by atoms with Crippen molar-refractivity contribution in [2.45, 2.75) is 26.2 Å². The smallest absolute Gasteiger partial charge is 0.292 e. The van der Waals surface area contributed by atoms with Gasteiger partial charge in [-0.05, 0) is 55.1 Å². The maximum atomic E-state index is 11.0. The van der Waals surface area contributed by atoms with E-state index in [1.807, 2.05) is 18.2 Å². The average molecular weight is 362 g/mol. The van der Waals surface area contributed by atoms with Crippen LogP contribution in [-0.2, 0) is 12.8 Å². The Morgan fingerprint density at radius 2 is 1.64 bits per heavy atom. The number of benzene rings is 2. The summed E-state index contributed by atoms with van der Waals surface area (Å²) in [7, 11) is 0. The van der Waals surface area contributed by atoms with Gasteiger partial charge >= 0.3 is 0 Å². The maximum Gasteiger partial charge on any atom is 0.292 e. The molecule has 6 heteroatoms. The van der Waals surface area contributed by atoms with E-state index in [0.717, 1.165) is 49.5 Å². The van der Waals surface area contributed by atoms with Gasteiger partial charge in [-0.3, -0.25) is 10.1 Å². The molecule has 0 spiro atoms. The fraction of sp³-hybridized carbons (Fsp3) is 0.368. The average Bonchev–Trinajstić information content (AvgIpc) is 2.59. The minimum absolute atomic E-state index is 0.0132. The molecule has 0 heterocycles. The van der Waals surface area contributed by atoms with E-state index in [9.17, 15) is 10.1 Å². The highest BCUT2D eigenvalue weighted by Crippen LogP contribution is 2.22. The van der Waals surface area contributed by atoms with Gasteiger partial charge in [0.05, 0.1) is 4.92 Å². The Balaban J connectivity index is 1.93. The largest absolute Gasteiger partial charge is 0.393 e. The molecule has 0 radical (unpaired) electrons. The van der Waals surface area contributed by atoms with E-state index in [-0.39, 0.29) is 11.4 Å². The summed E-state index contributed by atoms with van der Waals surface area (Å²) in [5.41, 5.74) is 8.05. The molecule has 0 saturated heterocycles. The lowest BCUT2D eigenvalue weighted by molar-refractivity contribution is -0.384. The molecule has 0 aliphatic heterocycles. The maximum absolute atomic E-state index is 11.0. The summed E-state index contributed by atoms with van der Waals surface area (Å²) in [5, 5.41) is 11.8. The predicted molar refractivity (Wildman–Crippen MR) is 103 cm³/mol. The number of nitrogens with zero attached hydrogens (tertiary/aromatic N) is 2. The van der Waals surface area contributed by atoms with Crippen molar-refractivity contribution in [3.63, 3.8) is 0 Å². The van der Waals surface area contributed by atoms with E-state index >= 15 is 0 Å². The molecule has 0 saturated carbocycles. The summed E-state index contributed by atoms with van der Waals surface area (Å²) < 4.78 is 0. The lowest BCUT2D eigenvalue weighted by atomic mass is 10.1. The number of halogens is 1. The molecule has 0 fully saturated rings. The first-order valence-electron chi connectivity index (χ1n) is 8.49. The van der Waals surface area contributed by atoms with E-state index in [0.29, 0.717) is 0 Å². The van der Waals surface area contributed by atoms with Crippen molar-refractivity contribution >= 4 is 23.0 Å². The molecule has 2 aromatic rings. The second kappa shape index (κ2) is 9.39. The first kappa shape index (κ1) is 19.2. The van der Waals surface area contributed by atoms with Crippen molar-refractivity contribution < 1.29 is 4.92 Å². The summed E-state index contributed by atoms with van der Waals surface area (Å²) in [6.45, 7) is 4.98. The zero-order valence-corrected chi connectivity index (χ0v) is 15.2. The van der Waals surface area contributed by atoms with Gasteiger partial charge in [0, 0.05) is 24.2 Å². The molecule has 0 bridgehead atoms. The highest BCUT2D eigenvalue weighted by atomic mass is 35.5. The number of hydrogen-bond donors (Lipinski definition) is 1. The second-order valence-corrected chi connectivity index (χ2v) is 6.55. The first-order valence-corrected chi connectivity index (χ1v) is 8.87. The van der Waals surface area contributed by atoms with E-state index in [1.165, 1.54) is 5.56 Å². The van der Waals surface area contributed by atoms with Gasteiger partial charge in [-0.1, -0.05) is 36.7 Å². The minimum Gasteiger partial charge on any atom is -0.393 e. The molecule has 5 nitrogen and oxygen atoms in total. The lowest BCUT2D eigenvalue weighted by Crippen LogP contribution is -2.29. The number of nitrogen functional groups attached to an aromatic ring is 1. The summed E-state index contributed by atoms with van der Waals surface area (Å²) in [4.78, 5) is 13.0. The molecule has 0 aromatic heterocycles. The quantitative estimate of drug-likeness (QED) is 0.410. The zero-order valence-electron chi connectivity index (χ0n) is 14.5. The number of hydrogen-bond acceptors (Lipinski definition) is 4. The molecular weight excluding hydrogens is 338 g/mol. The number of anilines is 1. The van der Waals surface area contributed by atoms with Gasteiger partial charge in [0.25, 0.3) is 5.69 Å². The number of rotatable bonds is 9. The molecule has 0 aliphatic carbocycles. The number of nitro groups is 1. The second-order valence-electron chi connectivity index (χ2n) is 6.12. The third-order valence-electron chi connectivity index (χ3n) is 4.18. The monoisotopic (exact) mass is 361 g/mol. The molecule has 134 valence electrons. The summed E-state index contributed by atoms with van der Waals surface area (Å²) in [5.74, 6) is 0. The summed E-state index contributed by atoms with van der Waals surface area (Å²) in [6.07, 6.45) is 2.79. The van der Waals surface area contributed by atoms with Gasteiger partial charge in [0.1, 0.15) is 5.69 Å². The Kier molecular flexibility index (Phi) is 7.22. The molecule has 0 aliphatic rings. The predicted octanol–water partition coefficient (Wildman–Crippen LogP) is 4.33. The Labute approximate surface area is 153 Å². The van der Waals surface area contributed by atoms with Gasteiger partial charge in [0.15, 0.2) is 0 Å². The first-order chi connectivity index (χ1) is 12.0. The third-order valence-corrected chi connectivity index (χ3v) is 4.43. The Morgan fingerprint density at radius 3 is 2.24 bits per heavy atom. The van der Waals surface area contributed by atoms with Crippen molar-refractivity contribution in [3.8, 4) is 0 Å². The number of nitro benzene ring substituents is 1. The minimum atomic E-state index is -0.427. The van der Waals surface area contributed by atoms with E-state index in [2.05, 4.69) is 24.0 Å². The van der Waals surface area contributed by atoms with Crippen molar-refractivity contribution in [2.75, 3.05) is 25.4 Å². The normalized spacial score (nSPS) is 11.0. The van der Waals surface area contributed by atoms with Gasteiger partial charge < -0.3 is 10.6 Å². The summed E-state index contributed by atoms with van der Waals surface area (Å²) in [6, 6.07) is 13.0. The lowest BCUT2D eigenvalue weighted by Gasteiger charge is -2.21. The highest BCUT2D eigenvalue weighted by Gasteiger charge is 2.12. The van der Waals surface area contributed by atoms with Gasteiger partial charge in [0.2, 0.25) is 0 Å². The van der Waals surface area contributed by atoms with Crippen LogP contribution in [0.15, 0.2) is 42.5 Å². The van der Waals surface area contributed by atoms with Gasteiger partial charge in [-0.25, -0.2) is 0 Å². The van der Waals surface area contributed by atoms with Crippen LogP contribution >= 0.6 is 11.6 Å².